The Kier molecular flexibility index (Phi) is 7.45. The van der Waals surface area contributed by atoms with E-state index in [9.17, 15) is 9.59 Å². The van der Waals surface area contributed by atoms with Crippen LogP contribution in [-0.2, 0) is 9.53 Å². The van der Waals surface area contributed by atoms with Gasteiger partial charge in [0.05, 0.1) is 41.7 Å². The number of ether oxygens (including phenoxy) is 3. The summed E-state index contributed by atoms with van der Waals surface area (Å²) in [5, 5.41) is 0. The predicted molar refractivity (Wildman–Crippen MR) is 140 cm³/mol. The molecule has 8 heteroatoms. The Morgan fingerprint density at radius 3 is 2.53 bits per heavy atom. The Morgan fingerprint density at radius 1 is 1.17 bits per heavy atom. The van der Waals surface area contributed by atoms with Crippen LogP contribution >= 0.6 is 11.3 Å². The van der Waals surface area contributed by atoms with Gasteiger partial charge in [0.25, 0.3) is 5.56 Å². The number of thiazole rings is 1. The third-order valence-electron chi connectivity index (χ3n) is 5.81. The van der Waals surface area contributed by atoms with Crippen molar-refractivity contribution in [1.29, 1.82) is 0 Å². The highest BCUT2D eigenvalue weighted by molar-refractivity contribution is 7.07. The molecule has 36 heavy (non-hydrogen) atoms. The second-order valence-corrected chi connectivity index (χ2v) is 9.78. The number of fused-ring (bicyclic) bond motifs is 1. The number of methoxy groups -OCH3 is 1. The lowest BCUT2D eigenvalue weighted by Gasteiger charge is -2.25. The zero-order valence-electron chi connectivity index (χ0n) is 21.3. The summed E-state index contributed by atoms with van der Waals surface area (Å²) >= 11 is 1.29. The van der Waals surface area contributed by atoms with Crippen LogP contribution in [0.1, 0.15) is 50.4 Å². The van der Waals surface area contributed by atoms with Gasteiger partial charge in [0.15, 0.2) is 4.80 Å². The van der Waals surface area contributed by atoms with Crippen molar-refractivity contribution in [2.45, 2.75) is 46.8 Å². The molecule has 7 nitrogen and oxygen atoms in total. The van der Waals surface area contributed by atoms with E-state index in [-0.39, 0.29) is 18.3 Å². The van der Waals surface area contributed by atoms with Crippen LogP contribution in [0.15, 0.2) is 63.5 Å². The minimum Gasteiger partial charge on any atom is -0.496 e. The maximum atomic E-state index is 13.7. The molecule has 1 aliphatic rings. The number of allylic oxidation sites excluding steroid dienone is 1. The highest BCUT2D eigenvalue weighted by Crippen LogP contribution is 2.31. The van der Waals surface area contributed by atoms with Gasteiger partial charge in [0, 0.05) is 0 Å². The van der Waals surface area contributed by atoms with Crippen LogP contribution in [0.5, 0.6) is 11.5 Å². The predicted octanol–water partition coefficient (Wildman–Crippen LogP) is 3.90. The number of carbonyl (C=O) groups is 1. The maximum Gasteiger partial charge on any atom is 0.338 e. The molecule has 3 aromatic rings. The molecule has 1 atom stereocenters. The number of rotatable bonds is 7. The number of nitrogens with zero attached hydrogens (tertiary/aromatic N) is 2. The molecule has 2 heterocycles. The van der Waals surface area contributed by atoms with Gasteiger partial charge in [-0.1, -0.05) is 35.6 Å². The molecule has 2 aromatic carbocycles. The number of esters is 1. The highest BCUT2D eigenvalue weighted by Gasteiger charge is 2.33. The third-order valence-corrected chi connectivity index (χ3v) is 6.80. The highest BCUT2D eigenvalue weighted by atomic mass is 32.1. The van der Waals surface area contributed by atoms with E-state index < -0.39 is 12.0 Å². The molecule has 4 rings (SSSR count). The minimum absolute atomic E-state index is 0.0335. The molecule has 0 amide bonds. The molecule has 1 aromatic heterocycles. The second-order valence-electron chi connectivity index (χ2n) is 8.77. The van der Waals surface area contributed by atoms with Crippen molar-refractivity contribution in [2.24, 2.45) is 4.99 Å². The Labute approximate surface area is 214 Å². The molecule has 0 aliphatic carbocycles. The van der Waals surface area contributed by atoms with Gasteiger partial charge in [0.2, 0.25) is 0 Å². The molecule has 0 radical (unpaired) electrons. The number of aryl methyl sites for hydroxylation is 1. The smallest absolute Gasteiger partial charge is 0.338 e. The molecule has 188 valence electrons. The zero-order chi connectivity index (χ0) is 26.0. The van der Waals surface area contributed by atoms with Crippen molar-refractivity contribution in [3.05, 3.63) is 90.1 Å². The van der Waals surface area contributed by atoms with Gasteiger partial charge < -0.3 is 14.2 Å². The van der Waals surface area contributed by atoms with Gasteiger partial charge in [-0.15, -0.1) is 0 Å². The van der Waals surface area contributed by atoms with Crippen molar-refractivity contribution in [3.63, 3.8) is 0 Å². The van der Waals surface area contributed by atoms with Gasteiger partial charge in [-0.25, -0.2) is 9.79 Å². The molecule has 0 fully saturated rings. The van der Waals surface area contributed by atoms with E-state index in [1.54, 1.807) is 25.5 Å². The molecule has 0 bridgehead atoms. The van der Waals surface area contributed by atoms with Crippen LogP contribution in [0.25, 0.3) is 6.08 Å². The van der Waals surface area contributed by atoms with Crippen LogP contribution in [0.3, 0.4) is 0 Å². The largest absolute Gasteiger partial charge is 0.496 e. The summed E-state index contributed by atoms with van der Waals surface area (Å²) in [4.78, 5) is 31.9. The van der Waals surface area contributed by atoms with E-state index >= 15 is 0 Å². The molecule has 1 aliphatic heterocycles. The monoisotopic (exact) mass is 506 g/mol. The van der Waals surface area contributed by atoms with Crippen LogP contribution in [0.2, 0.25) is 0 Å². The molecular weight excluding hydrogens is 476 g/mol. The molecular formula is C28H30N2O5S. The Morgan fingerprint density at radius 2 is 1.89 bits per heavy atom. The average Bonchev–Trinajstić information content (AvgIpc) is 3.14. The normalized spacial score (nSPS) is 15.5. The van der Waals surface area contributed by atoms with E-state index in [4.69, 9.17) is 14.2 Å². The van der Waals surface area contributed by atoms with Crippen molar-refractivity contribution in [3.8, 4) is 11.5 Å². The standard InChI is InChI=1S/C28H30N2O5S/c1-7-34-27(32)24-18(5)29-28-30(25(24)20-10-12-21(13-11-20)35-16(2)3)26(31)23(36-28)15-19-9-8-17(4)22(14-19)33-6/h8-16,25H,7H2,1-6H3/b23-15-/t25-/m0/s1. The van der Waals surface area contributed by atoms with Crippen LogP contribution in [0.4, 0.5) is 0 Å². The number of hydrogen-bond donors (Lipinski definition) is 0. The van der Waals surface area contributed by atoms with Crippen molar-refractivity contribution < 1.29 is 19.0 Å². The van der Waals surface area contributed by atoms with Crippen molar-refractivity contribution in [1.82, 2.24) is 4.57 Å². The van der Waals surface area contributed by atoms with Crippen LogP contribution < -0.4 is 24.4 Å². The third kappa shape index (κ3) is 4.99. The summed E-state index contributed by atoms with van der Waals surface area (Å²) in [5.41, 5.74) is 3.29. The number of benzene rings is 2. The van der Waals surface area contributed by atoms with E-state index in [2.05, 4.69) is 4.99 Å². The Hall–Kier alpha value is -3.65. The fraction of sp³-hybridized carbons (Fsp3) is 0.321. The summed E-state index contributed by atoms with van der Waals surface area (Å²) in [6.07, 6.45) is 1.86. The zero-order valence-corrected chi connectivity index (χ0v) is 22.1. The first-order valence-electron chi connectivity index (χ1n) is 11.8. The first-order valence-corrected chi connectivity index (χ1v) is 12.7. The lowest BCUT2D eigenvalue weighted by atomic mass is 9.96. The number of hydrogen-bond acceptors (Lipinski definition) is 7. The molecule has 0 unspecified atom stereocenters. The fourth-order valence-corrected chi connectivity index (χ4v) is 5.23. The summed E-state index contributed by atoms with van der Waals surface area (Å²) < 4.78 is 18.7. The fourth-order valence-electron chi connectivity index (χ4n) is 4.19. The number of carbonyl (C=O) groups excluding carboxylic acids is 1. The van der Waals surface area contributed by atoms with Crippen molar-refractivity contribution in [2.75, 3.05) is 13.7 Å². The molecule has 0 saturated heterocycles. The summed E-state index contributed by atoms with van der Waals surface area (Å²) in [6.45, 7) is 9.64. The van der Waals surface area contributed by atoms with Gasteiger partial charge in [0.1, 0.15) is 11.5 Å². The van der Waals surface area contributed by atoms with Crippen molar-refractivity contribution >= 4 is 23.4 Å². The summed E-state index contributed by atoms with van der Waals surface area (Å²) in [7, 11) is 1.62. The lowest BCUT2D eigenvalue weighted by molar-refractivity contribution is -0.139. The maximum absolute atomic E-state index is 13.7. The van der Waals surface area contributed by atoms with Gasteiger partial charge >= 0.3 is 5.97 Å². The molecule has 0 saturated carbocycles. The summed E-state index contributed by atoms with van der Waals surface area (Å²) in [5.74, 6) is 0.982. The Balaban J connectivity index is 1.89. The topological polar surface area (TPSA) is 79.1 Å². The molecule has 0 N–H and O–H groups in total. The second kappa shape index (κ2) is 10.5. The van der Waals surface area contributed by atoms with E-state index in [0.717, 1.165) is 22.4 Å². The minimum atomic E-state index is -0.664. The quantitative estimate of drug-likeness (QED) is 0.454. The SMILES string of the molecule is CCOC(=O)C1=C(C)N=c2s/c(=C\c3ccc(C)c(OC)c3)c(=O)n2[C@H]1c1ccc(OC(C)C)cc1. The lowest BCUT2D eigenvalue weighted by Crippen LogP contribution is -2.39. The van der Waals surface area contributed by atoms with E-state index in [1.165, 1.54) is 11.3 Å². The first kappa shape index (κ1) is 25.4. The van der Waals surface area contributed by atoms with Gasteiger partial charge in [-0.05, 0) is 75.6 Å². The average molecular weight is 507 g/mol. The molecule has 0 spiro atoms. The van der Waals surface area contributed by atoms with Gasteiger partial charge in [-0.3, -0.25) is 9.36 Å². The first-order chi connectivity index (χ1) is 17.2. The Bertz CT molecular complexity index is 1500. The van der Waals surface area contributed by atoms with Crippen LogP contribution in [0, 0.1) is 6.92 Å². The van der Waals surface area contributed by atoms with Gasteiger partial charge in [-0.2, -0.15) is 0 Å². The van der Waals surface area contributed by atoms with E-state index in [1.807, 2.05) is 69.3 Å². The van der Waals surface area contributed by atoms with Crippen LogP contribution in [-0.4, -0.2) is 30.4 Å². The number of aromatic nitrogens is 1. The summed E-state index contributed by atoms with van der Waals surface area (Å²) in [6, 6.07) is 12.6. The van der Waals surface area contributed by atoms with E-state index in [0.29, 0.717) is 26.4 Å².